The zero-order valence-electron chi connectivity index (χ0n) is 11.3. The Morgan fingerprint density at radius 2 is 2.05 bits per heavy atom. The van der Waals surface area contributed by atoms with Crippen LogP contribution in [0.3, 0.4) is 0 Å². The number of likely N-dealkylation sites (tertiary alicyclic amines) is 1. The van der Waals surface area contributed by atoms with Crippen molar-refractivity contribution in [2.75, 3.05) is 26.2 Å². The van der Waals surface area contributed by atoms with E-state index in [2.05, 4.69) is 17.1 Å². The van der Waals surface area contributed by atoms with Crippen LogP contribution in [0.1, 0.15) is 30.1 Å². The number of piperidine rings is 1. The van der Waals surface area contributed by atoms with Crippen LogP contribution in [0.15, 0.2) is 24.5 Å². The van der Waals surface area contributed by atoms with E-state index in [1.54, 1.807) is 0 Å². The molecule has 104 valence electrons. The van der Waals surface area contributed by atoms with E-state index in [1.807, 2.05) is 0 Å². The highest BCUT2D eigenvalue weighted by Gasteiger charge is 2.15. The Bertz CT molecular complexity index is 411. The fraction of sp³-hybridized carbons (Fsp3) is 0.571. The van der Waals surface area contributed by atoms with Gasteiger partial charge in [0, 0.05) is 25.2 Å². The molecule has 0 bridgehead atoms. The summed E-state index contributed by atoms with van der Waals surface area (Å²) in [7, 11) is 0. The van der Waals surface area contributed by atoms with E-state index >= 15 is 0 Å². The number of aromatic nitrogens is 1. The minimum absolute atomic E-state index is 0.119. The van der Waals surface area contributed by atoms with Crippen molar-refractivity contribution in [2.45, 2.75) is 19.8 Å². The second-order valence-corrected chi connectivity index (χ2v) is 5.23. The highest BCUT2D eigenvalue weighted by Crippen LogP contribution is 2.15. The van der Waals surface area contributed by atoms with Gasteiger partial charge in [0.15, 0.2) is 12.4 Å². The van der Waals surface area contributed by atoms with Crippen LogP contribution in [0.25, 0.3) is 0 Å². The van der Waals surface area contributed by atoms with Gasteiger partial charge < -0.3 is 15.4 Å². The molecule has 2 rings (SSSR count). The number of hydrogen-bond acceptors (Lipinski definition) is 3. The summed E-state index contributed by atoms with van der Waals surface area (Å²) in [6.07, 6.45) is 5.16. The minimum atomic E-state index is -0.119. The molecule has 5 heteroatoms. The van der Waals surface area contributed by atoms with Crippen molar-refractivity contribution in [3.63, 3.8) is 0 Å². The maximum Gasteiger partial charge on any atom is 0.251 e. The Labute approximate surface area is 113 Å². The highest BCUT2D eigenvalue weighted by molar-refractivity contribution is 5.93. The van der Waals surface area contributed by atoms with Gasteiger partial charge in [0.25, 0.3) is 5.91 Å². The number of nitrogens with zero attached hydrogens (tertiary/aromatic N) is 2. The van der Waals surface area contributed by atoms with Crippen LogP contribution in [0.2, 0.25) is 0 Å². The zero-order valence-corrected chi connectivity index (χ0v) is 11.3. The Morgan fingerprint density at radius 3 is 2.68 bits per heavy atom. The molecule has 1 aromatic heterocycles. The molecule has 0 aromatic carbocycles. The molecule has 19 heavy (non-hydrogen) atoms. The predicted octanol–water partition coefficient (Wildman–Crippen LogP) is 0.782. The van der Waals surface area contributed by atoms with Crippen LogP contribution >= 0.6 is 0 Å². The van der Waals surface area contributed by atoms with Gasteiger partial charge in [-0.3, -0.25) is 4.79 Å². The summed E-state index contributed by atoms with van der Waals surface area (Å²) >= 11 is 0. The number of carbonyl (C=O) groups is 1. The van der Waals surface area contributed by atoms with Crippen LogP contribution in [0, 0.1) is 11.1 Å². The van der Waals surface area contributed by atoms with E-state index in [0.29, 0.717) is 16.8 Å². The second kappa shape index (κ2) is 6.52. The minimum Gasteiger partial charge on any atom is -0.619 e. The lowest BCUT2D eigenvalue weighted by molar-refractivity contribution is -0.605. The monoisotopic (exact) mass is 263 g/mol. The van der Waals surface area contributed by atoms with E-state index in [4.69, 9.17) is 0 Å². The summed E-state index contributed by atoms with van der Waals surface area (Å²) < 4.78 is 0.672. The highest BCUT2D eigenvalue weighted by atomic mass is 16.5. The van der Waals surface area contributed by atoms with Gasteiger partial charge in [0.05, 0.1) is 5.56 Å². The second-order valence-electron chi connectivity index (χ2n) is 5.23. The van der Waals surface area contributed by atoms with Gasteiger partial charge in [-0.2, -0.15) is 4.73 Å². The lowest BCUT2D eigenvalue weighted by Gasteiger charge is -2.30. The molecule has 0 radical (unpaired) electrons. The lowest BCUT2D eigenvalue weighted by atomic mass is 9.99. The van der Waals surface area contributed by atoms with Gasteiger partial charge in [0.2, 0.25) is 0 Å². The zero-order chi connectivity index (χ0) is 13.7. The average molecular weight is 263 g/mol. The van der Waals surface area contributed by atoms with Crippen molar-refractivity contribution in [3.05, 3.63) is 35.3 Å². The smallest absolute Gasteiger partial charge is 0.251 e. The van der Waals surface area contributed by atoms with Gasteiger partial charge in [-0.25, -0.2) is 0 Å². The molecule has 0 unspecified atom stereocenters. The average Bonchev–Trinajstić information content (AvgIpc) is 2.41. The van der Waals surface area contributed by atoms with Crippen LogP contribution in [0.5, 0.6) is 0 Å². The quantitative estimate of drug-likeness (QED) is 0.645. The van der Waals surface area contributed by atoms with E-state index in [-0.39, 0.29) is 5.91 Å². The largest absolute Gasteiger partial charge is 0.619 e. The normalized spacial score (nSPS) is 17.3. The molecule has 0 aliphatic carbocycles. The fourth-order valence-corrected chi connectivity index (χ4v) is 2.28. The third kappa shape index (κ3) is 4.21. The number of pyridine rings is 1. The summed E-state index contributed by atoms with van der Waals surface area (Å²) in [5.41, 5.74) is 0.527. The molecule has 1 fully saturated rings. The Hall–Kier alpha value is -1.62. The Kier molecular flexibility index (Phi) is 4.74. The molecule has 1 aromatic rings. The van der Waals surface area contributed by atoms with E-state index < -0.39 is 0 Å². The van der Waals surface area contributed by atoms with Gasteiger partial charge in [-0.1, -0.05) is 6.92 Å². The lowest BCUT2D eigenvalue weighted by Crippen LogP contribution is -2.39. The summed E-state index contributed by atoms with van der Waals surface area (Å²) in [5, 5.41) is 13.8. The number of hydrogen-bond donors (Lipinski definition) is 1. The number of nitrogens with one attached hydrogen (secondary N) is 1. The first kappa shape index (κ1) is 13.8. The van der Waals surface area contributed by atoms with Crippen molar-refractivity contribution in [1.29, 1.82) is 0 Å². The third-order valence-corrected chi connectivity index (χ3v) is 3.65. The van der Waals surface area contributed by atoms with Crippen molar-refractivity contribution in [2.24, 2.45) is 5.92 Å². The number of carbonyl (C=O) groups excluding carboxylic acids is 1. The Morgan fingerprint density at radius 1 is 1.42 bits per heavy atom. The van der Waals surface area contributed by atoms with Crippen molar-refractivity contribution in [1.82, 2.24) is 10.2 Å². The van der Waals surface area contributed by atoms with Crippen LogP contribution in [0.4, 0.5) is 0 Å². The fourth-order valence-electron chi connectivity index (χ4n) is 2.28. The first-order valence-electron chi connectivity index (χ1n) is 6.84. The summed E-state index contributed by atoms with van der Waals surface area (Å²) in [4.78, 5) is 14.2. The summed E-state index contributed by atoms with van der Waals surface area (Å²) in [6, 6.07) is 3.07. The molecular weight excluding hydrogens is 242 g/mol. The molecule has 5 nitrogen and oxygen atoms in total. The van der Waals surface area contributed by atoms with Crippen LogP contribution < -0.4 is 10.0 Å². The molecule has 1 amide bonds. The van der Waals surface area contributed by atoms with E-state index in [1.165, 1.54) is 37.4 Å². The molecule has 1 N–H and O–H groups in total. The van der Waals surface area contributed by atoms with Gasteiger partial charge in [-0.15, -0.1) is 0 Å². The number of amides is 1. The summed E-state index contributed by atoms with van der Waals surface area (Å²) in [6.45, 7) is 6.08. The van der Waals surface area contributed by atoms with Crippen LogP contribution in [-0.2, 0) is 0 Å². The summed E-state index contributed by atoms with van der Waals surface area (Å²) in [5.74, 6) is 0.708. The van der Waals surface area contributed by atoms with Gasteiger partial charge >= 0.3 is 0 Å². The van der Waals surface area contributed by atoms with Crippen molar-refractivity contribution >= 4 is 5.91 Å². The molecule has 2 heterocycles. The van der Waals surface area contributed by atoms with E-state index in [9.17, 15) is 10.0 Å². The maximum absolute atomic E-state index is 11.8. The molecule has 1 aliphatic heterocycles. The SMILES string of the molecule is CC1CCN(CCNC(=O)c2cc[n+]([O-])cc2)CC1. The standard InChI is InChI=1S/C14H21N3O2/c1-12-2-7-16(8-3-12)11-6-15-14(18)13-4-9-17(19)10-5-13/h4-5,9-10,12H,2-3,6-8,11H2,1H3,(H,15,18). The molecule has 1 saturated heterocycles. The molecule has 0 spiro atoms. The molecule has 0 saturated carbocycles. The first-order chi connectivity index (χ1) is 9.15. The van der Waals surface area contributed by atoms with E-state index in [0.717, 1.165) is 25.6 Å². The molecule has 0 atom stereocenters. The van der Waals surface area contributed by atoms with Crippen LogP contribution in [-0.4, -0.2) is 37.0 Å². The predicted molar refractivity (Wildman–Crippen MR) is 72.6 cm³/mol. The topological polar surface area (TPSA) is 59.3 Å². The number of rotatable bonds is 4. The molecule has 1 aliphatic rings. The van der Waals surface area contributed by atoms with Crippen molar-refractivity contribution < 1.29 is 9.52 Å². The van der Waals surface area contributed by atoms with Crippen molar-refractivity contribution in [3.8, 4) is 0 Å². The molecular formula is C14H21N3O2. The first-order valence-corrected chi connectivity index (χ1v) is 6.84. The maximum atomic E-state index is 11.8. The van der Waals surface area contributed by atoms with Gasteiger partial charge in [-0.05, 0) is 31.8 Å². The Balaban J connectivity index is 1.70. The third-order valence-electron chi connectivity index (χ3n) is 3.65. The van der Waals surface area contributed by atoms with Gasteiger partial charge in [0.1, 0.15) is 0 Å².